The maximum Gasteiger partial charge on any atom is 0.248 e. The summed E-state index contributed by atoms with van der Waals surface area (Å²) in [5.74, 6) is 0.497. The first-order valence-corrected chi connectivity index (χ1v) is 6.16. The van der Waals surface area contributed by atoms with Crippen LogP contribution in [0, 0.1) is 0 Å². The van der Waals surface area contributed by atoms with Crippen molar-refractivity contribution in [3.8, 4) is 5.75 Å². The Labute approximate surface area is 112 Å². The Kier molecular flexibility index (Phi) is 3.46. The van der Waals surface area contributed by atoms with Crippen molar-refractivity contribution in [3.63, 3.8) is 0 Å². The second kappa shape index (κ2) is 4.91. The van der Waals surface area contributed by atoms with Gasteiger partial charge in [-0.1, -0.05) is 18.2 Å². The lowest BCUT2D eigenvalue weighted by Gasteiger charge is -2.37. The Hall–Kier alpha value is -2.04. The van der Waals surface area contributed by atoms with E-state index in [1.807, 2.05) is 24.3 Å². The van der Waals surface area contributed by atoms with Gasteiger partial charge in [-0.25, -0.2) is 0 Å². The molecule has 102 valence electrons. The van der Waals surface area contributed by atoms with E-state index in [0.717, 1.165) is 11.3 Å². The number of benzene rings is 1. The van der Waals surface area contributed by atoms with Crippen molar-refractivity contribution in [1.29, 1.82) is 0 Å². The Morgan fingerprint density at radius 1 is 1.32 bits per heavy atom. The van der Waals surface area contributed by atoms with E-state index >= 15 is 0 Å². The monoisotopic (exact) mass is 262 g/mol. The minimum atomic E-state index is -0.850. The van der Waals surface area contributed by atoms with Gasteiger partial charge in [0.25, 0.3) is 0 Å². The van der Waals surface area contributed by atoms with Crippen molar-refractivity contribution in [1.82, 2.24) is 10.2 Å². The molecule has 0 unspecified atom stereocenters. The first kappa shape index (κ1) is 13.4. The van der Waals surface area contributed by atoms with Crippen LogP contribution in [-0.4, -0.2) is 35.9 Å². The molecule has 0 atom stereocenters. The van der Waals surface area contributed by atoms with Crippen molar-refractivity contribution in [2.24, 2.45) is 0 Å². The molecule has 1 aromatic carbocycles. The van der Waals surface area contributed by atoms with Gasteiger partial charge < -0.3 is 15.0 Å². The number of carbonyl (C=O) groups excluding carboxylic acids is 2. The van der Waals surface area contributed by atoms with Crippen LogP contribution in [0.3, 0.4) is 0 Å². The molecule has 5 nitrogen and oxygen atoms in total. The van der Waals surface area contributed by atoms with Crippen LogP contribution < -0.4 is 10.1 Å². The molecule has 0 aliphatic carbocycles. The molecule has 0 saturated carbocycles. The maximum absolute atomic E-state index is 12.3. The molecule has 0 spiro atoms. The van der Waals surface area contributed by atoms with Crippen LogP contribution in [0.2, 0.25) is 0 Å². The summed E-state index contributed by atoms with van der Waals surface area (Å²) in [7, 11) is 1.59. The van der Waals surface area contributed by atoms with Crippen LogP contribution in [0.4, 0.5) is 0 Å². The topological polar surface area (TPSA) is 58.6 Å². The molecule has 2 amide bonds. The highest BCUT2D eigenvalue weighted by atomic mass is 16.5. The summed E-state index contributed by atoms with van der Waals surface area (Å²) in [4.78, 5) is 25.5. The summed E-state index contributed by atoms with van der Waals surface area (Å²) < 4.78 is 5.26. The number of hydrogen-bond donors (Lipinski definition) is 1. The minimum Gasteiger partial charge on any atom is -0.496 e. The quantitative estimate of drug-likeness (QED) is 0.881. The molecule has 1 aliphatic heterocycles. The first-order valence-electron chi connectivity index (χ1n) is 6.16. The zero-order valence-electron chi connectivity index (χ0n) is 11.4. The molecule has 1 aliphatic rings. The third-order valence-corrected chi connectivity index (χ3v) is 3.16. The average Bonchev–Trinajstić information content (AvgIpc) is 2.35. The zero-order valence-corrected chi connectivity index (χ0v) is 11.4. The Balaban J connectivity index is 2.22. The molecule has 1 saturated heterocycles. The standard InChI is InChI=1S/C14H18N2O3/c1-14(2)13(18)16(9-12(17)15-14)8-10-6-4-5-7-11(10)19-3/h4-7H,8-9H2,1-3H3,(H,15,17). The number of para-hydroxylation sites is 1. The molecular formula is C14H18N2O3. The van der Waals surface area contributed by atoms with Crippen LogP contribution in [0.5, 0.6) is 5.75 Å². The molecule has 1 fully saturated rings. The van der Waals surface area contributed by atoms with E-state index < -0.39 is 5.54 Å². The fourth-order valence-corrected chi connectivity index (χ4v) is 2.25. The summed E-state index contributed by atoms with van der Waals surface area (Å²) in [5.41, 5.74) is 0.0426. The molecule has 19 heavy (non-hydrogen) atoms. The molecule has 1 heterocycles. The predicted octanol–water partition coefficient (Wildman–Crippen LogP) is 0.932. The van der Waals surface area contributed by atoms with Gasteiger partial charge in [-0.2, -0.15) is 0 Å². The second-order valence-electron chi connectivity index (χ2n) is 5.15. The molecular weight excluding hydrogens is 244 g/mol. The lowest BCUT2D eigenvalue weighted by atomic mass is 10.00. The van der Waals surface area contributed by atoms with Crippen molar-refractivity contribution in [2.45, 2.75) is 25.9 Å². The van der Waals surface area contributed by atoms with Gasteiger partial charge in [-0.15, -0.1) is 0 Å². The number of amides is 2. The summed E-state index contributed by atoms with van der Waals surface area (Å²) >= 11 is 0. The van der Waals surface area contributed by atoms with Crippen LogP contribution in [0.25, 0.3) is 0 Å². The fourth-order valence-electron chi connectivity index (χ4n) is 2.25. The summed E-state index contributed by atoms with van der Waals surface area (Å²) in [6.45, 7) is 3.88. The van der Waals surface area contributed by atoms with Gasteiger partial charge >= 0.3 is 0 Å². The smallest absolute Gasteiger partial charge is 0.248 e. The fraction of sp³-hybridized carbons (Fsp3) is 0.429. The third-order valence-electron chi connectivity index (χ3n) is 3.16. The van der Waals surface area contributed by atoms with Crippen LogP contribution >= 0.6 is 0 Å². The summed E-state index contributed by atoms with van der Waals surface area (Å²) in [6, 6.07) is 7.50. The van der Waals surface area contributed by atoms with E-state index in [1.165, 1.54) is 0 Å². The summed E-state index contributed by atoms with van der Waals surface area (Å²) in [5, 5.41) is 2.69. The Morgan fingerprint density at radius 3 is 2.68 bits per heavy atom. The van der Waals surface area contributed by atoms with E-state index in [4.69, 9.17) is 4.74 Å². The number of ether oxygens (including phenoxy) is 1. The molecule has 0 radical (unpaired) electrons. The van der Waals surface area contributed by atoms with Gasteiger partial charge in [-0.05, 0) is 19.9 Å². The Morgan fingerprint density at radius 2 is 2.00 bits per heavy atom. The number of piperazine rings is 1. The van der Waals surface area contributed by atoms with Crippen LogP contribution in [0.15, 0.2) is 24.3 Å². The third kappa shape index (κ3) is 2.70. The van der Waals surface area contributed by atoms with Gasteiger partial charge in [0, 0.05) is 12.1 Å². The molecule has 0 bridgehead atoms. The SMILES string of the molecule is COc1ccccc1CN1CC(=O)NC(C)(C)C1=O. The number of methoxy groups -OCH3 is 1. The molecule has 1 N–H and O–H groups in total. The largest absolute Gasteiger partial charge is 0.496 e. The van der Waals surface area contributed by atoms with Gasteiger partial charge in [0.2, 0.25) is 11.8 Å². The van der Waals surface area contributed by atoms with E-state index in [1.54, 1.807) is 25.9 Å². The first-order chi connectivity index (χ1) is 8.94. The highest BCUT2D eigenvalue weighted by Crippen LogP contribution is 2.22. The van der Waals surface area contributed by atoms with Gasteiger partial charge in [0.05, 0.1) is 13.7 Å². The predicted molar refractivity (Wildman–Crippen MR) is 70.6 cm³/mol. The highest BCUT2D eigenvalue weighted by Gasteiger charge is 2.39. The summed E-state index contributed by atoms with van der Waals surface area (Å²) in [6.07, 6.45) is 0. The van der Waals surface area contributed by atoms with Crippen LogP contribution in [0.1, 0.15) is 19.4 Å². The van der Waals surface area contributed by atoms with Gasteiger partial charge in [-0.3, -0.25) is 9.59 Å². The van der Waals surface area contributed by atoms with Crippen LogP contribution in [-0.2, 0) is 16.1 Å². The lowest BCUT2D eigenvalue weighted by Crippen LogP contribution is -2.63. The normalized spacial score (nSPS) is 18.2. The molecule has 1 aromatic rings. The van der Waals surface area contributed by atoms with Gasteiger partial charge in [0.15, 0.2) is 0 Å². The highest BCUT2D eigenvalue weighted by molar-refractivity contribution is 5.97. The zero-order chi connectivity index (χ0) is 14.0. The van der Waals surface area contributed by atoms with Crippen molar-refractivity contribution in [3.05, 3.63) is 29.8 Å². The number of nitrogens with one attached hydrogen (secondary N) is 1. The van der Waals surface area contributed by atoms with Crippen molar-refractivity contribution < 1.29 is 14.3 Å². The average molecular weight is 262 g/mol. The van der Waals surface area contributed by atoms with Crippen molar-refractivity contribution >= 4 is 11.8 Å². The number of carbonyl (C=O) groups is 2. The molecule has 0 aromatic heterocycles. The van der Waals surface area contributed by atoms with Gasteiger partial charge in [0.1, 0.15) is 11.3 Å². The van der Waals surface area contributed by atoms with E-state index in [9.17, 15) is 9.59 Å². The van der Waals surface area contributed by atoms with E-state index in [-0.39, 0.29) is 18.4 Å². The molecule has 2 rings (SSSR count). The number of rotatable bonds is 3. The van der Waals surface area contributed by atoms with E-state index in [2.05, 4.69) is 5.32 Å². The maximum atomic E-state index is 12.3. The molecule has 5 heteroatoms. The lowest BCUT2D eigenvalue weighted by molar-refractivity contribution is -0.148. The van der Waals surface area contributed by atoms with Crippen molar-refractivity contribution in [2.75, 3.05) is 13.7 Å². The minimum absolute atomic E-state index is 0.0836. The second-order valence-corrected chi connectivity index (χ2v) is 5.15. The number of nitrogens with zero attached hydrogens (tertiary/aromatic N) is 1. The Bertz CT molecular complexity index is 511. The van der Waals surface area contributed by atoms with E-state index in [0.29, 0.717) is 6.54 Å². The number of hydrogen-bond acceptors (Lipinski definition) is 3.